The molecule has 15 heavy (non-hydrogen) atoms. The highest BCUT2D eigenvalue weighted by atomic mass is 35.5. The lowest BCUT2D eigenvalue weighted by Gasteiger charge is -2.02. The fraction of sp³-hybridized carbons (Fsp3) is 0.364. The average molecular weight is 245 g/mol. The molecule has 0 radical (unpaired) electrons. The number of thioether (sulfide) groups is 1. The Balaban J connectivity index is 2.40. The van der Waals surface area contributed by atoms with Crippen LogP contribution < -0.4 is 0 Å². The Labute approximate surface area is 99.0 Å². The first-order chi connectivity index (χ1) is 7.26. The second-order valence-electron chi connectivity index (χ2n) is 2.96. The van der Waals surface area contributed by atoms with Crippen LogP contribution in [-0.4, -0.2) is 18.8 Å². The summed E-state index contributed by atoms with van der Waals surface area (Å²) in [7, 11) is 1.40. The largest absolute Gasteiger partial charge is 0.469 e. The number of ether oxygens (including phenoxy) is 1. The second-order valence-corrected chi connectivity index (χ2v) is 4.39. The van der Waals surface area contributed by atoms with Gasteiger partial charge in [0.05, 0.1) is 13.5 Å². The molecule has 0 amide bonds. The SMILES string of the molecule is COC(=O)CCSc1cccc(CCl)c1. The van der Waals surface area contributed by atoms with Gasteiger partial charge in [-0.25, -0.2) is 0 Å². The van der Waals surface area contributed by atoms with Crippen molar-refractivity contribution in [2.45, 2.75) is 17.2 Å². The number of hydrogen-bond acceptors (Lipinski definition) is 3. The van der Waals surface area contributed by atoms with Crippen molar-refractivity contribution in [1.82, 2.24) is 0 Å². The standard InChI is InChI=1S/C11H13ClO2S/c1-14-11(13)5-6-15-10-4-2-3-9(7-10)8-12/h2-4,7H,5-6,8H2,1H3. The molecule has 1 aromatic carbocycles. The van der Waals surface area contributed by atoms with Crippen LogP contribution >= 0.6 is 23.4 Å². The summed E-state index contributed by atoms with van der Waals surface area (Å²) < 4.78 is 4.56. The maximum atomic E-state index is 10.9. The first-order valence-electron chi connectivity index (χ1n) is 4.61. The molecule has 0 aliphatic rings. The number of carbonyl (C=O) groups excluding carboxylic acids is 1. The topological polar surface area (TPSA) is 26.3 Å². The van der Waals surface area contributed by atoms with Crippen LogP contribution in [0.25, 0.3) is 0 Å². The number of benzene rings is 1. The lowest BCUT2D eigenvalue weighted by atomic mass is 10.2. The average Bonchev–Trinajstić information content (AvgIpc) is 2.29. The van der Waals surface area contributed by atoms with E-state index in [0.29, 0.717) is 12.3 Å². The van der Waals surface area contributed by atoms with Crippen LogP contribution in [0.5, 0.6) is 0 Å². The fourth-order valence-corrected chi connectivity index (χ4v) is 2.15. The van der Waals surface area contributed by atoms with Gasteiger partial charge in [0.1, 0.15) is 0 Å². The van der Waals surface area contributed by atoms with Crippen molar-refractivity contribution in [3.05, 3.63) is 29.8 Å². The number of carbonyl (C=O) groups is 1. The molecule has 0 aliphatic heterocycles. The number of rotatable bonds is 5. The maximum absolute atomic E-state index is 10.9. The highest BCUT2D eigenvalue weighted by Crippen LogP contribution is 2.20. The van der Waals surface area contributed by atoms with Crippen LogP contribution in [0.1, 0.15) is 12.0 Å². The highest BCUT2D eigenvalue weighted by molar-refractivity contribution is 7.99. The first-order valence-corrected chi connectivity index (χ1v) is 6.13. The molecule has 0 N–H and O–H groups in total. The smallest absolute Gasteiger partial charge is 0.306 e. The predicted molar refractivity (Wildman–Crippen MR) is 63.4 cm³/mol. The molecule has 4 heteroatoms. The number of alkyl halides is 1. The molecule has 0 aliphatic carbocycles. The lowest BCUT2D eigenvalue weighted by molar-refractivity contribution is -0.140. The zero-order chi connectivity index (χ0) is 11.1. The molecule has 0 aromatic heterocycles. The first kappa shape index (κ1) is 12.4. The van der Waals surface area contributed by atoms with E-state index in [1.54, 1.807) is 11.8 Å². The third kappa shape index (κ3) is 4.58. The number of methoxy groups -OCH3 is 1. The highest BCUT2D eigenvalue weighted by Gasteiger charge is 2.01. The van der Waals surface area contributed by atoms with Crippen LogP contribution in [0.15, 0.2) is 29.2 Å². The summed E-state index contributed by atoms with van der Waals surface area (Å²) in [6.07, 6.45) is 0.437. The zero-order valence-corrected chi connectivity index (χ0v) is 10.1. The molecule has 0 heterocycles. The van der Waals surface area contributed by atoms with Crippen molar-refractivity contribution in [3.8, 4) is 0 Å². The summed E-state index contributed by atoms with van der Waals surface area (Å²) in [5, 5.41) is 0. The van der Waals surface area contributed by atoms with Gasteiger partial charge >= 0.3 is 5.97 Å². The van der Waals surface area contributed by atoms with Gasteiger partial charge in [0.2, 0.25) is 0 Å². The lowest BCUT2D eigenvalue weighted by Crippen LogP contribution is -2.00. The van der Waals surface area contributed by atoms with Gasteiger partial charge in [-0.15, -0.1) is 23.4 Å². The van der Waals surface area contributed by atoms with Gasteiger partial charge in [-0.3, -0.25) is 4.79 Å². The Hall–Kier alpha value is -0.670. The monoisotopic (exact) mass is 244 g/mol. The fourth-order valence-electron chi connectivity index (χ4n) is 1.07. The molecule has 2 nitrogen and oxygen atoms in total. The molecule has 0 atom stereocenters. The van der Waals surface area contributed by atoms with Gasteiger partial charge < -0.3 is 4.74 Å². The van der Waals surface area contributed by atoms with E-state index in [-0.39, 0.29) is 5.97 Å². The van der Waals surface area contributed by atoms with E-state index in [0.717, 1.165) is 16.2 Å². The third-order valence-electron chi connectivity index (χ3n) is 1.86. The van der Waals surface area contributed by atoms with E-state index in [2.05, 4.69) is 4.74 Å². The van der Waals surface area contributed by atoms with Gasteiger partial charge in [0.15, 0.2) is 0 Å². The molecule has 0 unspecified atom stereocenters. The summed E-state index contributed by atoms with van der Waals surface area (Å²) in [4.78, 5) is 12.0. The summed E-state index contributed by atoms with van der Waals surface area (Å²) >= 11 is 7.36. The number of halogens is 1. The minimum Gasteiger partial charge on any atom is -0.469 e. The Bertz CT molecular complexity index is 328. The van der Waals surface area contributed by atoms with Crippen molar-refractivity contribution in [2.24, 2.45) is 0 Å². The van der Waals surface area contributed by atoms with Crippen molar-refractivity contribution in [2.75, 3.05) is 12.9 Å². The molecule has 0 saturated carbocycles. The van der Waals surface area contributed by atoms with Gasteiger partial charge in [0, 0.05) is 16.5 Å². The van der Waals surface area contributed by atoms with Crippen molar-refractivity contribution in [1.29, 1.82) is 0 Å². The minimum absolute atomic E-state index is 0.170. The van der Waals surface area contributed by atoms with E-state index < -0.39 is 0 Å². The molecule has 0 spiro atoms. The van der Waals surface area contributed by atoms with Crippen LogP contribution in [0, 0.1) is 0 Å². The quantitative estimate of drug-likeness (QED) is 0.452. The molecular formula is C11H13ClO2S. The second kappa shape index (κ2) is 6.75. The van der Waals surface area contributed by atoms with E-state index in [4.69, 9.17) is 11.6 Å². The number of hydrogen-bond donors (Lipinski definition) is 0. The molecule has 1 rings (SSSR count). The van der Waals surface area contributed by atoms with Crippen LogP contribution in [0.4, 0.5) is 0 Å². The van der Waals surface area contributed by atoms with Crippen molar-refractivity contribution >= 4 is 29.3 Å². The molecule has 1 aromatic rings. The van der Waals surface area contributed by atoms with E-state index in [1.807, 2.05) is 24.3 Å². The zero-order valence-electron chi connectivity index (χ0n) is 8.53. The van der Waals surface area contributed by atoms with E-state index in [1.165, 1.54) is 7.11 Å². The Morgan fingerprint density at radius 2 is 2.33 bits per heavy atom. The summed E-state index contributed by atoms with van der Waals surface area (Å²) in [6, 6.07) is 8.00. The minimum atomic E-state index is -0.170. The molecule has 0 bridgehead atoms. The van der Waals surface area contributed by atoms with Crippen LogP contribution in [-0.2, 0) is 15.4 Å². The normalized spacial score (nSPS) is 10.0. The summed E-state index contributed by atoms with van der Waals surface area (Å²) in [6.45, 7) is 0. The third-order valence-corrected chi connectivity index (χ3v) is 3.16. The van der Waals surface area contributed by atoms with Crippen LogP contribution in [0.3, 0.4) is 0 Å². The number of esters is 1. The van der Waals surface area contributed by atoms with Crippen molar-refractivity contribution in [3.63, 3.8) is 0 Å². The van der Waals surface area contributed by atoms with E-state index in [9.17, 15) is 4.79 Å². The van der Waals surface area contributed by atoms with Crippen LogP contribution in [0.2, 0.25) is 0 Å². The van der Waals surface area contributed by atoms with Gasteiger partial charge in [-0.1, -0.05) is 12.1 Å². The Kier molecular flexibility index (Phi) is 5.58. The van der Waals surface area contributed by atoms with Gasteiger partial charge in [0.25, 0.3) is 0 Å². The predicted octanol–water partition coefficient (Wildman–Crippen LogP) is 3.08. The Morgan fingerprint density at radius 3 is 3.00 bits per heavy atom. The Morgan fingerprint density at radius 1 is 1.53 bits per heavy atom. The van der Waals surface area contributed by atoms with E-state index >= 15 is 0 Å². The summed E-state index contributed by atoms with van der Waals surface area (Å²) in [5.74, 6) is 1.08. The van der Waals surface area contributed by atoms with Crippen molar-refractivity contribution < 1.29 is 9.53 Å². The maximum Gasteiger partial charge on any atom is 0.306 e. The van der Waals surface area contributed by atoms with Gasteiger partial charge in [-0.05, 0) is 17.7 Å². The van der Waals surface area contributed by atoms with Gasteiger partial charge in [-0.2, -0.15) is 0 Å². The molecule has 0 saturated heterocycles. The molecular weight excluding hydrogens is 232 g/mol. The molecule has 0 fully saturated rings. The summed E-state index contributed by atoms with van der Waals surface area (Å²) in [5.41, 5.74) is 1.10. The molecule has 82 valence electrons.